The number of alkyl halides is 3. The number of carbonyl (C=O) groups excluding carboxylic acids is 1. The van der Waals surface area contributed by atoms with Crippen LogP contribution in [0.5, 0.6) is 0 Å². The molecule has 3 nitrogen and oxygen atoms in total. The highest BCUT2D eigenvalue weighted by molar-refractivity contribution is 5.76. The standard InChI is InChI=1S/C11H21F3N2O/c1-2-9(8-15)7-10(17)16-6-4-3-5-11(12,13)14/h9H,2-8,15H2,1H3,(H,16,17). The molecule has 0 saturated carbocycles. The molecule has 0 spiro atoms. The van der Waals surface area contributed by atoms with Crippen molar-refractivity contribution >= 4 is 5.91 Å². The van der Waals surface area contributed by atoms with E-state index in [0.29, 0.717) is 25.9 Å². The summed E-state index contributed by atoms with van der Waals surface area (Å²) in [5.74, 6) is 0.0273. The first kappa shape index (κ1) is 16.2. The van der Waals surface area contributed by atoms with E-state index >= 15 is 0 Å². The summed E-state index contributed by atoms with van der Waals surface area (Å²) in [5.41, 5.74) is 5.45. The van der Waals surface area contributed by atoms with Crippen molar-refractivity contribution in [2.45, 2.75) is 45.2 Å². The Balaban J connectivity index is 3.52. The number of hydrogen-bond acceptors (Lipinski definition) is 2. The van der Waals surface area contributed by atoms with Crippen molar-refractivity contribution in [3.63, 3.8) is 0 Å². The maximum Gasteiger partial charge on any atom is 0.389 e. The lowest BCUT2D eigenvalue weighted by atomic mass is 10.0. The molecule has 0 aromatic carbocycles. The van der Waals surface area contributed by atoms with Crippen LogP contribution in [0.2, 0.25) is 0 Å². The highest BCUT2D eigenvalue weighted by atomic mass is 19.4. The average molecular weight is 254 g/mol. The van der Waals surface area contributed by atoms with Gasteiger partial charge in [0.05, 0.1) is 0 Å². The molecule has 0 aliphatic heterocycles. The zero-order chi connectivity index (χ0) is 13.3. The van der Waals surface area contributed by atoms with Crippen molar-refractivity contribution in [3.8, 4) is 0 Å². The topological polar surface area (TPSA) is 55.1 Å². The third-order valence-electron chi connectivity index (χ3n) is 2.59. The van der Waals surface area contributed by atoms with Gasteiger partial charge in [-0.25, -0.2) is 0 Å². The van der Waals surface area contributed by atoms with Crippen LogP contribution in [0.3, 0.4) is 0 Å². The Morgan fingerprint density at radius 2 is 2.00 bits per heavy atom. The second-order valence-corrected chi connectivity index (χ2v) is 4.14. The summed E-state index contributed by atoms with van der Waals surface area (Å²) < 4.78 is 35.4. The van der Waals surface area contributed by atoms with Crippen LogP contribution in [-0.2, 0) is 4.79 Å². The van der Waals surface area contributed by atoms with E-state index in [1.807, 2.05) is 6.92 Å². The monoisotopic (exact) mass is 254 g/mol. The van der Waals surface area contributed by atoms with Crippen LogP contribution in [-0.4, -0.2) is 25.2 Å². The summed E-state index contributed by atoms with van der Waals surface area (Å²) in [6, 6.07) is 0. The van der Waals surface area contributed by atoms with Crippen LogP contribution in [0.1, 0.15) is 39.0 Å². The van der Waals surface area contributed by atoms with E-state index in [2.05, 4.69) is 5.32 Å². The minimum atomic E-state index is -4.10. The van der Waals surface area contributed by atoms with Gasteiger partial charge in [-0.3, -0.25) is 4.79 Å². The molecule has 0 aliphatic carbocycles. The van der Waals surface area contributed by atoms with E-state index in [1.54, 1.807) is 0 Å². The number of rotatable bonds is 8. The predicted octanol–water partition coefficient (Wildman–Crippen LogP) is 2.21. The molecule has 0 saturated heterocycles. The fourth-order valence-electron chi connectivity index (χ4n) is 1.41. The van der Waals surface area contributed by atoms with Crippen LogP contribution in [0.25, 0.3) is 0 Å². The molecule has 1 unspecified atom stereocenters. The Kier molecular flexibility index (Phi) is 7.95. The predicted molar refractivity (Wildman–Crippen MR) is 60.4 cm³/mol. The zero-order valence-corrected chi connectivity index (χ0v) is 10.1. The van der Waals surface area contributed by atoms with Gasteiger partial charge in [0, 0.05) is 19.4 Å². The fourth-order valence-corrected chi connectivity index (χ4v) is 1.41. The highest BCUT2D eigenvalue weighted by Gasteiger charge is 2.25. The first-order valence-electron chi connectivity index (χ1n) is 5.92. The first-order valence-corrected chi connectivity index (χ1v) is 5.92. The molecule has 0 aromatic rings. The van der Waals surface area contributed by atoms with Gasteiger partial charge >= 0.3 is 6.18 Å². The van der Waals surface area contributed by atoms with E-state index in [0.717, 1.165) is 6.42 Å². The summed E-state index contributed by atoms with van der Waals surface area (Å²) in [4.78, 5) is 11.3. The Labute approximate surface area is 99.9 Å². The third-order valence-corrected chi connectivity index (χ3v) is 2.59. The van der Waals surface area contributed by atoms with Gasteiger partial charge < -0.3 is 11.1 Å². The first-order chi connectivity index (χ1) is 7.89. The van der Waals surface area contributed by atoms with Crippen molar-refractivity contribution in [1.82, 2.24) is 5.32 Å². The molecule has 0 aliphatic rings. The Morgan fingerprint density at radius 1 is 1.35 bits per heavy atom. The number of unbranched alkanes of at least 4 members (excludes halogenated alkanes) is 1. The summed E-state index contributed by atoms with van der Waals surface area (Å²) in [6.07, 6.45) is -3.30. The van der Waals surface area contributed by atoms with Crippen LogP contribution in [0.15, 0.2) is 0 Å². The lowest BCUT2D eigenvalue weighted by molar-refractivity contribution is -0.135. The molecule has 0 fully saturated rings. The highest BCUT2D eigenvalue weighted by Crippen LogP contribution is 2.21. The largest absolute Gasteiger partial charge is 0.389 e. The molecule has 3 N–H and O–H groups in total. The van der Waals surface area contributed by atoms with Crippen molar-refractivity contribution in [1.29, 1.82) is 0 Å². The number of halogens is 3. The molecule has 1 atom stereocenters. The smallest absolute Gasteiger partial charge is 0.356 e. The molecule has 0 heterocycles. The Hall–Kier alpha value is -0.780. The number of carbonyl (C=O) groups is 1. The average Bonchev–Trinajstić information content (AvgIpc) is 2.23. The molecule has 0 aromatic heterocycles. The van der Waals surface area contributed by atoms with E-state index in [9.17, 15) is 18.0 Å². The number of amides is 1. The molecule has 0 bridgehead atoms. The Morgan fingerprint density at radius 3 is 2.47 bits per heavy atom. The minimum absolute atomic E-state index is 0.0534. The van der Waals surface area contributed by atoms with Crippen LogP contribution in [0, 0.1) is 5.92 Å². The quantitative estimate of drug-likeness (QED) is 0.652. The van der Waals surface area contributed by atoms with Crippen LogP contribution in [0.4, 0.5) is 13.2 Å². The lowest BCUT2D eigenvalue weighted by Crippen LogP contribution is -2.28. The van der Waals surface area contributed by atoms with Gasteiger partial charge in [0.2, 0.25) is 5.91 Å². The normalized spacial score (nSPS) is 13.5. The Bertz CT molecular complexity index is 215. The van der Waals surface area contributed by atoms with Gasteiger partial charge in [0.25, 0.3) is 0 Å². The van der Waals surface area contributed by atoms with Crippen molar-refractivity contribution < 1.29 is 18.0 Å². The summed E-state index contributed by atoms with van der Waals surface area (Å²) in [6.45, 7) is 2.71. The molecule has 1 amide bonds. The molecule has 0 rings (SSSR count). The number of hydrogen-bond donors (Lipinski definition) is 2. The molecular formula is C11H21F3N2O. The van der Waals surface area contributed by atoms with E-state index in [4.69, 9.17) is 5.73 Å². The van der Waals surface area contributed by atoms with Gasteiger partial charge in [-0.1, -0.05) is 13.3 Å². The SMILES string of the molecule is CCC(CN)CC(=O)NCCCCC(F)(F)F. The van der Waals surface area contributed by atoms with Crippen molar-refractivity contribution in [2.75, 3.05) is 13.1 Å². The number of nitrogens with two attached hydrogens (primary N) is 1. The van der Waals surface area contributed by atoms with Crippen LogP contribution < -0.4 is 11.1 Å². The second kappa shape index (κ2) is 8.33. The summed E-state index contributed by atoms with van der Waals surface area (Å²) >= 11 is 0. The number of nitrogens with one attached hydrogen (secondary N) is 1. The molecule has 6 heteroatoms. The molecule has 102 valence electrons. The van der Waals surface area contributed by atoms with Gasteiger partial charge in [-0.15, -0.1) is 0 Å². The van der Waals surface area contributed by atoms with Gasteiger partial charge in [-0.2, -0.15) is 13.2 Å². The summed E-state index contributed by atoms with van der Waals surface area (Å²) in [5, 5.41) is 2.61. The maximum absolute atomic E-state index is 11.8. The zero-order valence-electron chi connectivity index (χ0n) is 10.1. The third kappa shape index (κ3) is 10.1. The van der Waals surface area contributed by atoms with Gasteiger partial charge in [0.15, 0.2) is 0 Å². The molecular weight excluding hydrogens is 233 g/mol. The van der Waals surface area contributed by atoms with Crippen molar-refractivity contribution in [2.24, 2.45) is 11.7 Å². The van der Waals surface area contributed by atoms with Crippen LogP contribution >= 0.6 is 0 Å². The fraction of sp³-hybridized carbons (Fsp3) is 0.909. The van der Waals surface area contributed by atoms with E-state index in [-0.39, 0.29) is 18.2 Å². The van der Waals surface area contributed by atoms with E-state index in [1.165, 1.54) is 0 Å². The summed E-state index contributed by atoms with van der Waals surface area (Å²) in [7, 11) is 0. The van der Waals surface area contributed by atoms with E-state index < -0.39 is 12.6 Å². The molecule has 17 heavy (non-hydrogen) atoms. The van der Waals surface area contributed by atoms with Crippen molar-refractivity contribution in [3.05, 3.63) is 0 Å². The van der Waals surface area contributed by atoms with Gasteiger partial charge in [0.1, 0.15) is 0 Å². The van der Waals surface area contributed by atoms with Gasteiger partial charge in [-0.05, 0) is 25.3 Å². The maximum atomic E-state index is 11.8. The second-order valence-electron chi connectivity index (χ2n) is 4.14. The minimum Gasteiger partial charge on any atom is -0.356 e. The molecule has 0 radical (unpaired) electrons. The lowest BCUT2D eigenvalue weighted by Gasteiger charge is -2.12.